The van der Waals surface area contributed by atoms with E-state index in [1.807, 2.05) is 78.6 Å². The molecule has 0 radical (unpaired) electrons. The van der Waals surface area contributed by atoms with E-state index in [1.54, 1.807) is 19.1 Å². The van der Waals surface area contributed by atoms with Gasteiger partial charge in [0.05, 0.1) is 0 Å². The van der Waals surface area contributed by atoms with E-state index in [0.717, 1.165) is 16.8 Å². The number of rotatable bonds is 6. The molecule has 0 saturated carbocycles. The Kier molecular flexibility index (Phi) is 6.56. The van der Waals surface area contributed by atoms with Crippen molar-refractivity contribution >= 4 is 23.4 Å². The van der Waals surface area contributed by atoms with Crippen LogP contribution in [0.5, 0.6) is 5.75 Å². The lowest BCUT2D eigenvalue weighted by atomic mass is 10.1. The lowest BCUT2D eigenvalue weighted by Crippen LogP contribution is -2.37. The molecular weight excluding hydrogens is 374 g/mol. The number of para-hydroxylation sites is 1. The predicted molar refractivity (Wildman–Crippen MR) is 113 cm³/mol. The first-order valence-corrected chi connectivity index (χ1v) is 9.51. The molecule has 0 amide bonds. The quantitative estimate of drug-likeness (QED) is 0.275. The Morgan fingerprint density at radius 2 is 1.71 bits per heavy atom. The van der Waals surface area contributed by atoms with Crippen molar-refractivity contribution in [3.63, 3.8) is 0 Å². The van der Waals surface area contributed by atoms with Crippen molar-refractivity contribution in [3.05, 3.63) is 83.9 Å². The molecule has 5 heteroatoms. The molecule has 0 bridgehead atoms. The second kappa shape index (κ2) is 9.29. The van der Waals surface area contributed by atoms with E-state index >= 15 is 0 Å². The van der Waals surface area contributed by atoms with Crippen LogP contribution in [0.1, 0.15) is 13.8 Å². The van der Waals surface area contributed by atoms with Crippen LogP contribution in [0, 0.1) is 0 Å². The van der Waals surface area contributed by atoms with Gasteiger partial charge < -0.3 is 14.4 Å². The zero-order valence-corrected chi connectivity index (χ0v) is 16.6. The minimum absolute atomic E-state index is 0.455. The van der Waals surface area contributed by atoms with Crippen molar-refractivity contribution in [2.24, 2.45) is 0 Å². The van der Waals surface area contributed by atoms with Gasteiger partial charge >= 0.3 is 6.16 Å². The third-order valence-corrected chi connectivity index (χ3v) is 4.59. The normalized spacial score (nSPS) is 11.5. The number of carbonyl (C=O) groups is 1. The van der Waals surface area contributed by atoms with Gasteiger partial charge in [0.1, 0.15) is 5.75 Å². The zero-order chi connectivity index (χ0) is 19.9. The highest BCUT2D eigenvalue weighted by molar-refractivity contribution is 6.30. The summed E-state index contributed by atoms with van der Waals surface area (Å²) in [5.74, 6) is 0.455. The molecule has 0 spiro atoms. The van der Waals surface area contributed by atoms with Gasteiger partial charge in [-0.15, -0.1) is 0 Å². The van der Waals surface area contributed by atoms with Gasteiger partial charge in [-0.3, -0.25) is 0 Å². The summed E-state index contributed by atoms with van der Waals surface area (Å²) in [4.78, 5) is 14.4. The average Bonchev–Trinajstić information content (AvgIpc) is 2.69. The standard InChI is InChI=1S/C23H22ClNO3/c1-3-25(20-13-9-12-19(24)16-20)17(2)27-23(26)28-22-15-8-7-14-21(22)18-10-5-4-6-11-18/h4-17H,3H2,1-2H3. The third-order valence-electron chi connectivity index (χ3n) is 4.35. The molecule has 0 saturated heterocycles. The highest BCUT2D eigenvalue weighted by Crippen LogP contribution is 2.30. The van der Waals surface area contributed by atoms with E-state index in [2.05, 4.69) is 0 Å². The fourth-order valence-electron chi connectivity index (χ4n) is 3.03. The molecule has 0 N–H and O–H groups in total. The molecule has 144 valence electrons. The molecule has 1 atom stereocenters. The Hall–Kier alpha value is -2.98. The van der Waals surface area contributed by atoms with Crippen molar-refractivity contribution in [1.82, 2.24) is 0 Å². The monoisotopic (exact) mass is 395 g/mol. The molecule has 3 rings (SSSR count). The fraction of sp³-hybridized carbons (Fsp3) is 0.174. The first-order valence-electron chi connectivity index (χ1n) is 9.13. The van der Waals surface area contributed by atoms with Crippen LogP contribution >= 0.6 is 11.6 Å². The fourth-order valence-corrected chi connectivity index (χ4v) is 3.22. The van der Waals surface area contributed by atoms with Crippen molar-refractivity contribution in [2.75, 3.05) is 11.4 Å². The topological polar surface area (TPSA) is 38.8 Å². The van der Waals surface area contributed by atoms with Crippen LogP contribution in [0.15, 0.2) is 78.9 Å². The van der Waals surface area contributed by atoms with Gasteiger partial charge in [-0.1, -0.05) is 66.2 Å². The summed E-state index contributed by atoms with van der Waals surface area (Å²) in [6, 6.07) is 24.6. The van der Waals surface area contributed by atoms with E-state index in [9.17, 15) is 4.79 Å². The molecule has 0 aromatic heterocycles. The van der Waals surface area contributed by atoms with Crippen LogP contribution in [0.25, 0.3) is 11.1 Å². The first kappa shape index (κ1) is 19.8. The second-order valence-corrected chi connectivity index (χ2v) is 6.63. The maximum Gasteiger partial charge on any atom is 0.515 e. The number of benzene rings is 3. The van der Waals surface area contributed by atoms with E-state index in [4.69, 9.17) is 21.1 Å². The van der Waals surface area contributed by atoms with Crippen LogP contribution in [0.2, 0.25) is 5.02 Å². The van der Waals surface area contributed by atoms with Crippen molar-refractivity contribution in [2.45, 2.75) is 20.1 Å². The molecule has 4 nitrogen and oxygen atoms in total. The molecule has 28 heavy (non-hydrogen) atoms. The van der Waals surface area contributed by atoms with E-state index in [-0.39, 0.29) is 0 Å². The van der Waals surface area contributed by atoms with Gasteiger partial charge in [0.15, 0.2) is 6.23 Å². The van der Waals surface area contributed by atoms with Crippen LogP contribution in [-0.2, 0) is 4.74 Å². The van der Waals surface area contributed by atoms with E-state index in [0.29, 0.717) is 17.3 Å². The predicted octanol–water partition coefficient (Wildman–Crippen LogP) is 6.39. The molecule has 3 aromatic carbocycles. The Morgan fingerprint density at radius 3 is 2.43 bits per heavy atom. The van der Waals surface area contributed by atoms with Gasteiger partial charge in [-0.2, -0.15) is 0 Å². The molecular formula is C23H22ClNO3. The smallest absolute Gasteiger partial charge is 0.410 e. The first-order chi connectivity index (χ1) is 13.6. The van der Waals surface area contributed by atoms with Crippen molar-refractivity contribution in [1.29, 1.82) is 0 Å². The number of hydrogen-bond acceptors (Lipinski definition) is 4. The van der Waals surface area contributed by atoms with Crippen LogP contribution < -0.4 is 9.64 Å². The average molecular weight is 396 g/mol. The summed E-state index contributed by atoms with van der Waals surface area (Å²) in [5.41, 5.74) is 2.67. The number of carbonyl (C=O) groups excluding carboxylic acids is 1. The molecule has 0 aliphatic heterocycles. The number of halogens is 1. The Morgan fingerprint density at radius 1 is 1.00 bits per heavy atom. The van der Waals surface area contributed by atoms with Gasteiger partial charge in [-0.25, -0.2) is 4.79 Å². The van der Waals surface area contributed by atoms with E-state index in [1.165, 1.54) is 0 Å². The minimum atomic E-state index is -0.753. The second-order valence-electron chi connectivity index (χ2n) is 6.20. The molecule has 1 unspecified atom stereocenters. The Labute approximate surface area is 170 Å². The molecule has 0 aliphatic rings. The zero-order valence-electron chi connectivity index (χ0n) is 15.8. The van der Waals surface area contributed by atoms with Crippen LogP contribution in [-0.4, -0.2) is 18.9 Å². The molecule has 0 aliphatic carbocycles. The Balaban J connectivity index is 1.72. The van der Waals surface area contributed by atoms with Crippen molar-refractivity contribution < 1.29 is 14.3 Å². The summed E-state index contributed by atoms with van der Waals surface area (Å²) >= 11 is 6.08. The lowest BCUT2D eigenvalue weighted by Gasteiger charge is -2.29. The van der Waals surface area contributed by atoms with Crippen LogP contribution in [0.3, 0.4) is 0 Å². The summed E-state index contributed by atoms with van der Waals surface area (Å²) in [6.45, 7) is 4.43. The minimum Gasteiger partial charge on any atom is -0.410 e. The molecule has 3 aromatic rings. The number of nitrogens with zero attached hydrogens (tertiary/aromatic N) is 1. The molecule has 0 heterocycles. The molecule has 0 fully saturated rings. The SMILES string of the molecule is CCN(c1cccc(Cl)c1)C(C)OC(=O)Oc1ccccc1-c1ccccc1. The van der Waals surface area contributed by atoms with E-state index < -0.39 is 12.4 Å². The van der Waals surface area contributed by atoms with Crippen LogP contribution in [0.4, 0.5) is 10.5 Å². The largest absolute Gasteiger partial charge is 0.515 e. The summed E-state index contributed by atoms with van der Waals surface area (Å²) in [7, 11) is 0. The van der Waals surface area contributed by atoms with Crippen molar-refractivity contribution in [3.8, 4) is 16.9 Å². The van der Waals surface area contributed by atoms with Gasteiger partial charge in [0.25, 0.3) is 0 Å². The number of ether oxygens (including phenoxy) is 2. The maximum atomic E-state index is 12.4. The summed E-state index contributed by atoms with van der Waals surface area (Å²) in [5, 5.41) is 0.627. The Bertz CT molecular complexity index is 930. The highest BCUT2D eigenvalue weighted by atomic mass is 35.5. The maximum absolute atomic E-state index is 12.4. The van der Waals surface area contributed by atoms with Gasteiger partial charge in [0, 0.05) is 22.8 Å². The van der Waals surface area contributed by atoms with Gasteiger partial charge in [-0.05, 0) is 43.7 Å². The number of anilines is 1. The summed E-state index contributed by atoms with van der Waals surface area (Å²) in [6.07, 6.45) is -1.27. The summed E-state index contributed by atoms with van der Waals surface area (Å²) < 4.78 is 11.0. The number of hydrogen-bond donors (Lipinski definition) is 0. The lowest BCUT2D eigenvalue weighted by molar-refractivity contribution is 0.0647. The highest BCUT2D eigenvalue weighted by Gasteiger charge is 2.20. The third kappa shape index (κ3) is 4.84. The van der Waals surface area contributed by atoms with Gasteiger partial charge in [0.2, 0.25) is 0 Å².